The lowest BCUT2D eigenvalue weighted by atomic mass is 10.1. The second kappa shape index (κ2) is 6.05. The second-order valence-corrected chi connectivity index (χ2v) is 5.75. The van der Waals surface area contributed by atoms with E-state index in [1.54, 1.807) is 12.3 Å². The van der Waals surface area contributed by atoms with Crippen LogP contribution in [0.5, 0.6) is 0 Å². The van der Waals surface area contributed by atoms with E-state index in [2.05, 4.69) is 53.0 Å². The number of carbonyl (C=O) groups excluding carboxylic acids is 1. The molecule has 2 amide bonds. The average molecular weight is 296 g/mol. The van der Waals surface area contributed by atoms with E-state index < -0.39 is 0 Å². The summed E-state index contributed by atoms with van der Waals surface area (Å²) < 4.78 is 0. The Kier molecular flexibility index (Phi) is 3.96. The topological polar surface area (TPSA) is 66.0 Å². The number of carbonyl (C=O) groups is 1. The average Bonchev–Trinajstić information content (AvgIpc) is 3.29. The molecule has 1 aromatic carbocycles. The molecular weight excluding hydrogens is 276 g/mol. The summed E-state index contributed by atoms with van der Waals surface area (Å²) in [6.07, 6.45) is 3.85. The molecule has 3 N–H and O–H groups in total. The van der Waals surface area contributed by atoms with Crippen molar-refractivity contribution in [2.75, 3.05) is 10.6 Å². The second-order valence-electron chi connectivity index (χ2n) is 5.75. The first-order chi connectivity index (χ1) is 10.6. The zero-order valence-corrected chi connectivity index (χ0v) is 12.8. The Bertz CT molecular complexity index is 678. The van der Waals surface area contributed by atoms with Crippen molar-refractivity contribution >= 4 is 23.2 Å². The number of anilines is 3. The molecule has 0 bridgehead atoms. The van der Waals surface area contributed by atoms with Crippen molar-refractivity contribution in [3.05, 3.63) is 47.7 Å². The normalized spacial score (nSPS) is 13.5. The van der Waals surface area contributed by atoms with E-state index in [1.807, 2.05) is 6.07 Å². The van der Waals surface area contributed by atoms with Crippen LogP contribution in [0.2, 0.25) is 0 Å². The SMILES string of the molecule is Cc1ccc(C)c(Nc2ccc(NC(=O)NC3CC3)nc2)c1. The fraction of sp³-hybridized carbons (Fsp3) is 0.294. The number of rotatable bonds is 4. The molecule has 1 aliphatic carbocycles. The molecule has 1 heterocycles. The van der Waals surface area contributed by atoms with Crippen molar-refractivity contribution in [3.8, 4) is 0 Å². The molecule has 1 saturated carbocycles. The highest BCUT2D eigenvalue weighted by molar-refractivity contribution is 5.88. The number of urea groups is 1. The Morgan fingerprint density at radius 3 is 2.68 bits per heavy atom. The molecule has 0 aliphatic heterocycles. The number of nitrogens with zero attached hydrogens (tertiary/aromatic N) is 1. The molecule has 2 aromatic rings. The standard InChI is InChI=1S/C17H20N4O/c1-11-3-4-12(2)15(9-11)19-14-7-8-16(18-10-14)21-17(22)20-13-5-6-13/h3-4,7-10,13,19H,5-6H2,1-2H3,(H2,18,20,21,22). The Labute approximate surface area is 130 Å². The monoisotopic (exact) mass is 296 g/mol. The maximum Gasteiger partial charge on any atom is 0.320 e. The summed E-state index contributed by atoms with van der Waals surface area (Å²) in [6.45, 7) is 4.13. The summed E-state index contributed by atoms with van der Waals surface area (Å²) in [4.78, 5) is 15.9. The molecule has 1 fully saturated rings. The van der Waals surface area contributed by atoms with Crippen LogP contribution in [0, 0.1) is 13.8 Å². The molecule has 5 nitrogen and oxygen atoms in total. The first-order valence-corrected chi connectivity index (χ1v) is 7.48. The highest BCUT2D eigenvalue weighted by Crippen LogP contribution is 2.22. The van der Waals surface area contributed by atoms with E-state index in [1.165, 1.54) is 11.1 Å². The van der Waals surface area contributed by atoms with Gasteiger partial charge in [0.05, 0.1) is 11.9 Å². The van der Waals surface area contributed by atoms with Gasteiger partial charge in [-0.05, 0) is 56.0 Å². The van der Waals surface area contributed by atoms with Crippen LogP contribution in [0.4, 0.5) is 22.0 Å². The highest BCUT2D eigenvalue weighted by atomic mass is 16.2. The molecule has 3 rings (SSSR count). The van der Waals surface area contributed by atoms with Crippen molar-refractivity contribution < 1.29 is 4.79 Å². The molecular formula is C17H20N4O. The maximum atomic E-state index is 11.6. The van der Waals surface area contributed by atoms with E-state index in [-0.39, 0.29) is 6.03 Å². The van der Waals surface area contributed by atoms with Gasteiger partial charge in [0, 0.05) is 11.7 Å². The van der Waals surface area contributed by atoms with E-state index in [9.17, 15) is 4.79 Å². The zero-order valence-electron chi connectivity index (χ0n) is 12.8. The molecule has 114 valence electrons. The predicted molar refractivity (Wildman–Crippen MR) is 88.6 cm³/mol. The van der Waals surface area contributed by atoms with Gasteiger partial charge in [0.2, 0.25) is 0 Å². The van der Waals surface area contributed by atoms with Crippen LogP contribution in [0.1, 0.15) is 24.0 Å². The third-order valence-corrected chi connectivity index (χ3v) is 3.59. The van der Waals surface area contributed by atoms with Crippen LogP contribution in [-0.2, 0) is 0 Å². The first kappa shape index (κ1) is 14.4. The summed E-state index contributed by atoms with van der Waals surface area (Å²) in [6, 6.07) is 10.1. The minimum Gasteiger partial charge on any atom is -0.354 e. The number of aromatic nitrogens is 1. The molecule has 5 heteroatoms. The number of pyridine rings is 1. The third kappa shape index (κ3) is 3.75. The number of amides is 2. The molecule has 0 unspecified atom stereocenters. The number of aryl methyl sites for hydroxylation is 2. The molecule has 1 aliphatic rings. The summed E-state index contributed by atoms with van der Waals surface area (Å²) in [7, 11) is 0. The van der Waals surface area contributed by atoms with Gasteiger partial charge < -0.3 is 10.6 Å². The van der Waals surface area contributed by atoms with Crippen molar-refractivity contribution in [1.82, 2.24) is 10.3 Å². The van der Waals surface area contributed by atoms with Gasteiger partial charge in [0.15, 0.2) is 0 Å². The Balaban J connectivity index is 1.63. The molecule has 0 saturated heterocycles. The van der Waals surface area contributed by atoms with Crippen LogP contribution in [0.25, 0.3) is 0 Å². The Morgan fingerprint density at radius 1 is 1.18 bits per heavy atom. The van der Waals surface area contributed by atoms with Gasteiger partial charge >= 0.3 is 6.03 Å². The Hall–Kier alpha value is -2.56. The fourth-order valence-corrected chi connectivity index (χ4v) is 2.13. The van der Waals surface area contributed by atoms with E-state index in [0.717, 1.165) is 24.2 Å². The molecule has 22 heavy (non-hydrogen) atoms. The van der Waals surface area contributed by atoms with Crippen LogP contribution in [0.15, 0.2) is 36.5 Å². The summed E-state index contributed by atoms with van der Waals surface area (Å²) >= 11 is 0. The lowest BCUT2D eigenvalue weighted by Crippen LogP contribution is -2.30. The summed E-state index contributed by atoms with van der Waals surface area (Å²) in [5.41, 5.74) is 4.34. The number of hydrogen-bond acceptors (Lipinski definition) is 3. The van der Waals surface area contributed by atoms with Gasteiger partial charge in [-0.3, -0.25) is 5.32 Å². The minimum atomic E-state index is -0.190. The number of hydrogen-bond donors (Lipinski definition) is 3. The summed E-state index contributed by atoms with van der Waals surface area (Å²) in [5.74, 6) is 0.546. The third-order valence-electron chi connectivity index (χ3n) is 3.59. The fourth-order valence-electron chi connectivity index (χ4n) is 2.13. The zero-order chi connectivity index (χ0) is 15.5. The minimum absolute atomic E-state index is 0.190. The largest absolute Gasteiger partial charge is 0.354 e. The van der Waals surface area contributed by atoms with Gasteiger partial charge in [0.25, 0.3) is 0 Å². The van der Waals surface area contributed by atoms with Gasteiger partial charge in [-0.1, -0.05) is 12.1 Å². The van der Waals surface area contributed by atoms with Crippen LogP contribution < -0.4 is 16.0 Å². The maximum absolute atomic E-state index is 11.6. The number of nitrogens with one attached hydrogen (secondary N) is 3. The van der Waals surface area contributed by atoms with E-state index in [0.29, 0.717) is 11.9 Å². The van der Waals surface area contributed by atoms with Gasteiger partial charge in [-0.15, -0.1) is 0 Å². The van der Waals surface area contributed by atoms with Crippen LogP contribution in [-0.4, -0.2) is 17.1 Å². The lowest BCUT2D eigenvalue weighted by molar-refractivity contribution is 0.251. The highest BCUT2D eigenvalue weighted by Gasteiger charge is 2.23. The van der Waals surface area contributed by atoms with Crippen LogP contribution in [0.3, 0.4) is 0 Å². The molecule has 1 aromatic heterocycles. The number of benzene rings is 1. The van der Waals surface area contributed by atoms with Crippen LogP contribution >= 0.6 is 0 Å². The smallest absolute Gasteiger partial charge is 0.320 e. The Morgan fingerprint density at radius 2 is 2.00 bits per heavy atom. The molecule has 0 radical (unpaired) electrons. The first-order valence-electron chi connectivity index (χ1n) is 7.48. The molecule has 0 spiro atoms. The predicted octanol–water partition coefficient (Wildman–Crippen LogP) is 3.73. The molecule has 0 atom stereocenters. The van der Waals surface area contributed by atoms with Crippen molar-refractivity contribution in [2.24, 2.45) is 0 Å². The van der Waals surface area contributed by atoms with Crippen molar-refractivity contribution in [3.63, 3.8) is 0 Å². The van der Waals surface area contributed by atoms with Crippen molar-refractivity contribution in [1.29, 1.82) is 0 Å². The quantitative estimate of drug-likeness (QED) is 0.805. The van der Waals surface area contributed by atoms with Gasteiger partial charge in [-0.25, -0.2) is 9.78 Å². The van der Waals surface area contributed by atoms with Crippen molar-refractivity contribution in [2.45, 2.75) is 32.7 Å². The lowest BCUT2D eigenvalue weighted by Gasteiger charge is -2.11. The van der Waals surface area contributed by atoms with E-state index >= 15 is 0 Å². The summed E-state index contributed by atoms with van der Waals surface area (Å²) in [5, 5.41) is 8.95. The van der Waals surface area contributed by atoms with Gasteiger partial charge in [0.1, 0.15) is 5.82 Å². The van der Waals surface area contributed by atoms with E-state index in [4.69, 9.17) is 0 Å². The van der Waals surface area contributed by atoms with Gasteiger partial charge in [-0.2, -0.15) is 0 Å².